The van der Waals surface area contributed by atoms with E-state index in [2.05, 4.69) is 25.6 Å². The second-order valence-electron chi connectivity index (χ2n) is 6.13. The number of hydrogen-bond donors (Lipinski definition) is 3. The Hall–Kier alpha value is -2.72. The molecule has 0 saturated carbocycles. The number of hydrogen-bond acceptors (Lipinski definition) is 7. The minimum absolute atomic E-state index is 0.0546. The number of carbonyl (C=O) groups excluding carboxylic acids is 1. The molecule has 10 heteroatoms. The molecule has 3 N–H and O–H groups in total. The van der Waals surface area contributed by atoms with Crippen LogP contribution in [0.5, 0.6) is 0 Å². The Morgan fingerprint density at radius 1 is 1.15 bits per heavy atom. The largest absolute Gasteiger partial charge is 0.376 e. The fourth-order valence-electron chi connectivity index (χ4n) is 2.62. The summed E-state index contributed by atoms with van der Waals surface area (Å²) >= 11 is 0. The van der Waals surface area contributed by atoms with Crippen LogP contribution in [0.15, 0.2) is 41.3 Å². The van der Waals surface area contributed by atoms with Crippen LogP contribution in [0.1, 0.15) is 19.8 Å². The number of carbonyl (C=O) groups is 1. The highest BCUT2D eigenvalue weighted by molar-refractivity contribution is 7.92. The number of rotatable bonds is 7. The summed E-state index contributed by atoms with van der Waals surface area (Å²) in [5.74, 6) is 0.434. The maximum atomic E-state index is 12.4. The number of ether oxygens (including phenoxy) is 1. The Balaban J connectivity index is 1.60. The van der Waals surface area contributed by atoms with Crippen LogP contribution < -0.4 is 15.4 Å². The molecule has 0 radical (unpaired) electrons. The molecule has 1 atom stereocenters. The van der Waals surface area contributed by atoms with E-state index in [-0.39, 0.29) is 22.7 Å². The van der Waals surface area contributed by atoms with Crippen molar-refractivity contribution in [3.63, 3.8) is 0 Å². The van der Waals surface area contributed by atoms with Crippen molar-refractivity contribution in [1.29, 1.82) is 0 Å². The summed E-state index contributed by atoms with van der Waals surface area (Å²) in [5.41, 5.74) is 0.517. The lowest BCUT2D eigenvalue weighted by Gasteiger charge is -2.11. The van der Waals surface area contributed by atoms with Crippen molar-refractivity contribution < 1.29 is 17.9 Å². The van der Waals surface area contributed by atoms with Crippen LogP contribution in [0.2, 0.25) is 0 Å². The monoisotopic (exact) mass is 391 g/mol. The van der Waals surface area contributed by atoms with Crippen molar-refractivity contribution >= 4 is 33.3 Å². The Morgan fingerprint density at radius 2 is 1.85 bits per heavy atom. The van der Waals surface area contributed by atoms with Gasteiger partial charge in [-0.2, -0.15) is 0 Å². The molecule has 1 amide bonds. The molecule has 1 aromatic carbocycles. The molecular formula is C17H21N5O4S. The third-order valence-electron chi connectivity index (χ3n) is 3.92. The highest BCUT2D eigenvalue weighted by Crippen LogP contribution is 2.18. The van der Waals surface area contributed by atoms with Gasteiger partial charge in [0.15, 0.2) is 5.82 Å². The second kappa shape index (κ2) is 8.31. The highest BCUT2D eigenvalue weighted by atomic mass is 32.2. The van der Waals surface area contributed by atoms with Gasteiger partial charge in [-0.1, -0.05) is 0 Å². The Kier molecular flexibility index (Phi) is 5.87. The minimum Gasteiger partial charge on any atom is -0.376 e. The lowest BCUT2D eigenvalue weighted by Crippen LogP contribution is -2.19. The molecule has 1 aliphatic rings. The van der Waals surface area contributed by atoms with Gasteiger partial charge < -0.3 is 15.4 Å². The maximum Gasteiger partial charge on any atom is 0.263 e. The smallest absolute Gasteiger partial charge is 0.263 e. The molecule has 9 nitrogen and oxygen atoms in total. The summed E-state index contributed by atoms with van der Waals surface area (Å²) in [7, 11) is -3.80. The van der Waals surface area contributed by atoms with E-state index < -0.39 is 10.0 Å². The SMILES string of the molecule is CC(=O)Nc1ccc(S(=O)(=O)Nc2ccc(NCC3CCCO3)nn2)cc1. The van der Waals surface area contributed by atoms with Gasteiger partial charge in [-0.3, -0.25) is 9.52 Å². The molecular weight excluding hydrogens is 370 g/mol. The molecule has 1 aromatic heterocycles. The number of anilines is 3. The van der Waals surface area contributed by atoms with Crippen molar-refractivity contribution in [1.82, 2.24) is 10.2 Å². The number of nitrogens with one attached hydrogen (secondary N) is 3. The summed E-state index contributed by atoms with van der Waals surface area (Å²) in [6.45, 7) is 2.80. The third-order valence-corrected chi connectivity index (χ3v) is 5.29. The second-order valence-corrected chi connectivity index (χ2v) is 7.81. The van der Waals surface area contributed by atoms with Gasteiger partial charge in [-0.15, -0.1) is 10.2 Å². The number of aromatic nitrogens is 2. The molecule has 0 bridgehead atoms. The summed E-state index contributed by atoms with van der Waals surface area (Å²) in [6, 6.07) is 9.02. The molecule has 2 aromatic rings. The number of nitrogens with zero attached hydrogens (tertiary/aromatic N) is 2. The van der Waals surface area contributed by atoms with E-state index in [1.165, 1.54) is 37.3 Å². The topological polar surface area (TPSA) is 122 Å². The van der Waals surface area contributed by atoms with Gasteiger partial charge in [0.1, 0.15) is 5.82 Å². The Labute approximate surface area is 157 Å². The Morgan fingerprint density at radius 3 is 2.44 bits per heavy atom. The zero-order valence-corrected chi connectivity index (χ0v) is 15.6. The van der Waals surface area contributed by atoms with E-state index >= 15 is 0 Å². The van der Waals surface area contributed by atoms with Crippen LogP contribution in [-0.2, 0) is 19.6 Å². The molecule has 1 fully saturated rings. The van der Waals surface area contributed by atoms with Crippen LogP contribution in [0.25, 0.3) is 0 Å². The first-order chi connectivity index (χ1) is 12.9. The average Bonchev–Trinajstić information content (AvgIpc) is 3.14. The van der Waals surface area contributed by atoms with E-state index in [0.29, 0.717) is 18.1 Å². The predicted octanol–water partition coefficient (Wildman–Crippen LogP) is 1.83. The van der Waals surface area contributed by atoms with Crippen LogP contribution in [0.4, 0.5) is 17.3 Å². The van der Waals surface area contributed by atoms with Crippen molar-refractivity contribution in [3.05, 3.63) is 36.4 Å². The van der Waals surface area contributed by atoms with Crippen LogP contribution in [0.3, 0.4) is 0 Å². The van der Waals surface area contributed by atoms with Crippen LogP contribution in [0, 0.1) is 0 Å². The fraction of sp³-hybridized carbons (Fsp3) is 0.353. The van der Waals surface area contributed by atoms with Crippen molar-refractivity contribution in [2.45, 2.75) is 30.8 Å². The summed E-state index contributed by atoms with van der Waals surface area (Å²) in [5, 5.41) is 13.6. The van der Waals surface area contributed by atoms with Crippen molar-refractivity contribution in [3.8, 4) is 0 Å². The molecule has 3 rings (SSSR count). The quantitative estimate of drug-likeness (QED) is 0.658. The molecule has 1 saturated heterocycles. The van der Waals surface area contributed by atoms with E-state index in [9.17, 15) is 13.2 Å². The van der Waals surface area contributed by atoms with Gasteiger partial charge >= 0.3 is 0 Å². The average molecular weight is 391 g/mol. The lowest BCUT2D eigenvalue weighted by molar-refractivity contribution is -0.114. The van der Waals surface area contributed by atoms with Crippen LogP contribution in [-0.4, -0.2) is 43.8 Å². The molecule has 1 aliphatic heterocycles. The molecule has 144 valence electrons. The highest BCUT2D eigenvalue weighted by Gasteiger charge is 2.17. The zero-order valence-electron chi connectivity index (χ0n) is 14.8. The molecule has 1 unspecified atom stereocenters. The van der Waals surface area contributed by atoms with Crippen LogP contribution >= 0.6 is 0 Å². The third kappa shape index (κ3) is 5.38. The minimum atomic E-state index is -3.80. The normalized spacial score (nSPS) is 16.7. The molecule has 27 heavy (non-hydrogen) atoms. The first-order valence-electron chi connectivity index (χ1n) is 8.52. The summed E-state index contributed by atoms with van der Waals surface area (Å²) in [6.07, 6.45) is 2.24. The Bertz CT molecular complexity index is 879. The fourth-order valence-corrected chi connectivity index (χ4v) is 3.62. The molecule has 0 spiro atoms. The van der Waals surface area contributed by atoms with E-state index in [1.807, 2.05) is 0 Å². The maximum absolute atomic E-state index is 12.4. The van der Waals surface area contributed by atoms with Gasteiger partial charge in [0, 0.05) is 25.8 Å². The number of sulfonamides is 1. The number of benzene rings is 1. The molecule has 0 aliphatic carbocycles. The van der Waals surface area contributed by atoms with Crippen molar-refractivity contribution in [2.24, 2.45) is 0 Å². The van der Waals surface area contributed by atoms with E-state index in [1.54, 1.807) is 6.07 Å². The van der Waals surface area contributed by atoms with E-state index in [0.717, 1.165) is 19.4 Å². The predicted molar refractivity (Wildman–Crippen MR) is 101 cm³/mol. The van der Waals surface area contributed by atoms with Gasteiger partial charge in [0.25, 0.3) is 10.0 Å². The van der Waals surface area contributed by atoms with Crippen molar-refractivity contribution in [2.75, 3.05) is 28.5 Å². The first kappa shape index (κ1) is 19.1. The van der Waals surface area contributed by atoms with Gasteiger partial charge in [0.2, 0.25) is 5.91 Å². The summed E-state index contributed by atoms with van der Waals surface area (Å²) in [4.78, 5) is 11.1. The first-order valence-corrected chi connectivity index (χ1v) is 10.0. The van der Waals surface area contributed by atoms with Gasteiger partial charge in [-0.05, 0) is 49.2 Å². The van der Waals surface area contributed by atoms with Gasteiger partial charge in [0.05, 0.1) is 11.0 Å². The molecule has 2 heterocycles. The van der Waals surface area contributed by atoms with E-state index in [4.69, 9.17) is 4.74 Å². The standard InChI is InChI=1S/C17H21N5O4S/c1-12(23)19-13-4-6-15(7-5-13)27(24,25)22-17-9-8-16(20-21-17)18-11-14-3-2-10-26-14/h4-9,14H,2-3,10-11H2,1H3,(H,18,20)(H,19,23)(H,21,22). The zero-order chi connectivity index (χ0) is 19.3. The summed E-state index contributed by atoms with van der Waals surface area (Å²) < 4.78 is 32.7. The lowest BCUT2D eigenvalue weighted by atomic mass is 10.2. The van der Waals surface area contributed by atoms with Gasteiger partial charge in [-0.25, -0.2) is 8.42 Å². The number of amides is 1.